The van der Waals surface area contributed by atoms with Crippen LogP contribution in [0.2, 0.25) is 18.1 Å². The summed E-state index contributed by atoms with van der Waals surface area (Å²) >= 11 is 6.23. The van der Waals surface area contributed by atoms with Crippen molar-refractivity contribution in [3.8, 4) is 5.75 Å². The summed E-state index contributed by atoms with van der Waals surface area (Å²) in [6.07, 6.45) is 1.79. The standard InChI is InChI=1S/C33H41ClN6O3Si/c1-20-38-39-33-29(18-31(41)35-14-13-21-15-23-16-26(44(3,4)42)10-11-28(23)36-19-21)37-32(22-5-7-24(34)8-6-22)27-17-25(43-2)9-12-30(27)40(20)33/h5-12,16-17,20-21,29,33,36,38-39,42H,13-15,18-19H2,1-4H3,(H,35,41). The van der Waals surface area contributed by atoms with Gasteiger partial charge in [-0.05, 0) is 85.9 Å². The number of amides is 1. The van der Waals surface area contributed by atoms with Crippen LogP contribution in [-0.2, 0) is 11.2 Å². The van der Waals surface area contributed by atoms with Crippen molar-refractivity contribution in [1.29, 1.82) is 0 Å². The smallest absolute Gasteiger partial charge is 0.222 e. The van der Waals surface area contributed by atoms with Gasteiger partial charge in [0.05, 0.1) is 31.4 Å². The SMILES string of the molecule is COc1ccc2c(c1)C(c1ccc(Cl)cc1)=NC(CC(=O)NCCC1CNc3ccc([Si](C)(C)O)cc3C1)C1NNC(C)N21. The molecule has 3 aliphatic rings. The molecule has 0 aromatic heterocycles. The van der Waals surface area contributed by atoms with Crippen LogP contribution in [0.3, 0.4) is 0 Å². The highest BCUT2D eigenvalue weighted by Crippen LogP contribution is 2.36. The van der Waals surface area contributed by atoms with Gasteiger partial charge in [0.2, 0.25) is 14.2 Å². The van der Waals surface area contributed by atoms with E-state index in [-0.39, 0.29) is 30.7 Å². The second kappa shape index (κ2) is 12.5. The van der Waals surface area contributed by atoms with E-state index in [1.807, 2.05) is 55.6 Å². The van der Waals surface area contributed by atoms with Gasteiger partial charge in [0.15, 0.2) is 0 Å². The van der Waals surface area contributed by atoms with Crippen molar-refractivity contribution in [3.63, 3.8) is 0 Å². The van der Waals surface area contributed by atoms with Crippen LogP contribution in [0.1, 0.15) is 36.5 Å². The van der Waals surface area contributed by atoms with Gasteiger partial charge < -0.3 is 25.1 Å². The molecule has 5 N–H and O–H groups in total. The molecule has 4 atom stereocenters. The molecule has 0 spiro atoms. The lowest BCUT2D eigenvalue weighted by atomic mass is 9.91. The summed E-state index contributed by atoms with van der Waals surface area (Å²) in [4.78, 5) is 31.5. The normalized spacial score (nSPS) is 22.6. The number of halogens is 1. The molecule has 11 heteroatoms. The molecule has 0 radical (unpaired) electrons. The van der Waals surface area contributed by atoms with Gasteiger partial charge in [0.1, 0.15) is 11.9 Å². The summed E-state index contributed by atoms with van der Waals surface area (Å²) in [5.41, 5.74) is 12.8. The van der Waals surface area contributed by atoms with Gasteiger partial charge in [-0.3, -0.25) is 9.79 Å². The Hall–Kier alpha value is -3.41. The van der Waals surface area contributed by atoms with Gasteiger partial charge in [-0.15, -0.1) is 0 Å². The molecule has 4 unspecified atom stereocenters. The number of ether oxygens (including phenoxy) is 1. The molecule has 1 saturated heterocycles. The zero-order valence-corrected chi connectivity index (χ0v) is 27.4. The Morgan fingerprint density at radius 1 is 1.14 bits per heavy atom. The first kappa shape index (κ1) is 30.6. The summed E-state index contributed by atoms with van der Waals surface area (Å²) in [5.74, 6) is 1.11. The molecule has 3 aromatic rings. The van der Waals surface area contributed by atoms with Crippen LogP contribution in [0, 0.1) is 5.92 Å². The molecule has 232 valence electrons. The molecular weight excluding hydrogens is 592 g/mol. The molecule has 1 fully saturated rings. The van der Waals surface area contributed by atoms with E-state index in [2.05, 4.69) is 51.5 Å². The van der Waals surface area contributed by atoms with Gasteiger partial charge >= 0.3 is 0 Å². The molecule has 3 aromatic carbocycles. The number of hydrogen-bond donors (Lipinski definition) is 5. The second-order valence-corrected chi connectivity index (χ2v) is 16.6. The Bertz CT molecular complexity index is 1560. The number of methoxy groups -OCH3 is 1. The lowest BCUT2D eigenvalue weighted by Crippen LogP contribution is -2.47. The quantitative estimate of drug-likeness (QED) is 0.241. The van der Waals surface area contributed by atoms with Crippen LogP contribution in [0.4, 0.5) is 11.4 Å². The number of aliphatic imine (C=N–C) groups is 1. The average molecular weight is 633 g/mol. The van der Waals surface area contributed by atoms with E-state index in [4.69, 9.17) is 21.3 Å². The highest BCUT2D eigenvalue weighted by Gasteiger charge is 2.41. The first-order valence-electron chi connectivity index (χ1n) is 15.3. The number of hydrogen-bond acceptors (Lipinski definition) is 8. The Morgan fingerprint density at radius 3 is 2.68 bits per heavy atom. The highest BCUT2D eigenvalue weighted by atomic mass is 35.5. The van der Waals surface area contributed by atoms with E-state index in [0.29, 0.717) is 17.5 Å². The predicted octanol–water partition coefficient (Wildman–Crippen LogP) is 3.74. The van der Waals surface area contributed by atoms with E-state index in [1.165, 1.54) is 5.56 Å². The summed E-state index contributed by atoms with van der Waals surface area (Å²) in [6, 6.07) is 19.6. The van der Waals surface area contributed by atoms with Crippen LogP contribution in [0.25, 0.3) is 0 Å². The Morgan fingerprint density at radius 2 is 1.93 bits per heavy atom. The van der Waals surface area contributed by atoms with Crippen LogP contribution in [0.15, 0.2) is 65.7 Å². The van der Waals surface area contributed by atoms with Crippen molar-refractivity contribution in [1.82, 2.24) is 16.2 Å². The maximum absolute atomic E-state index is 13.4. The van der Waals surface area contributed by atoms with E-state index < -0.39 is 8.32 Å². The number of nitrogens with zero attached hydrogens (tertiary/aromatic N) is 2. The van der Waals surface area contributed by atoms with E-state index in [0.717, 1.165) is 58.5 Å². The van der Waals surface area contributed by atoms with Crippen LogP contribution >= 0.6 is 11.6 Å². The van der Waals surface area contributed by atoms with E-state index in [1.54, 1.807) is 7.11 Å². The number of rotatable bonds is 8. The molecule has 44 heavy (non-hydrogen) atoms. The van der Waals surface area contributed by atoms with Crippen LogP contribution in [0.5, 0.6) is 5.75 Å². The summed E-state index contributed by atoms with van der Waals surface area (Å²) < 4.78 is 5.58. The lowest BCUT2D eigenvalue weighted by molar-refractivity contribution is -0.121. The fourth-order valence-electron chi connectivity index (χ4n) is 6.42. The van der Waals surface area contributed by atoms with Crippen molar-refractivity contribution in [3.05, 3.63) is 82.4 Å². The van der Waals surface area contributed by atoms with E-state index >= 15 is 0 Å². The monoisotopic (exact) mass is 632 g/mol. The zero-order chi connectivity index (χ0) is 31.0. The number of benzene rings is 3. The van der Waals surface area contributed by atoms with Crippen molar-refractivity contribution >= 4 is 48.1 Å². The minimum atomic E-state index is -2.37. The third kappa shape index (κ3) is 6.36. The molecule has 0 bridgehead atoms. The number of carbonyl (C=O) groups excluding carboxylic acids is 1. The maximum atomic E-state index is 13.4. The van der Waals surface area contributed by atoms with E-state index in [9.17, 15) is 9.59 Å². The highest BCUT2D eigenvalue weighted by molar-refractivity contribution is 6.83. The predicted molar refractivity (Wildman–Crippen MR) is 180 cm³/mol. The number of hydrazine groups is 1. The largest absolute Gasteiger partial charge is 0.497 e. The summed E-state index contributed by atoms with van der Waals surface area (Å²) in [5, 5.41) is 8.42. The van der Waals surface area contributed by atoms with Gasteiger partial charge in [0, 0.05) is 40.6 Å². The van der Waals surface area contributed by atoms with Gasteiger partial charge in [-0.2, -0.15) is 0 Å². The first-order chi connectivity index (χ1) is 21.1. The van der Waals surface area contributed by atoms with Gasteiger partial charge in [-0.1, -0.05) is 35.9 Å². The molecular formula is C33H41ClN6O3Si. The topological polar surface area (TPSA) is 110 Å². The summed E-state index contributed by atoms with van der Waals surface area (Å²) in [6.45, 7) is 7.44. The average Bonchev–Trinajstić information content (AvgIpc) is 3.33. The fraction of sp³-hybridized carbons (Fsp3) is 0.394. The van der Waals surface area contributed by atoms with Gasteiger partial charge in [0.25, 0.3) is 0 Å². The third-order valence-electron chi connectivity index (χ3n) is 8.84. The van der Waals surface area contributed by atoms with Crippen LogP contribution in [-0.4, -0.2) is 63.3 Å². The van der Waals surface area contributed by atoms with Crippen LogP contribution < -0.4 is 36.3 Å². The van der Waals surface area contributed by atoms with Crippen molar-refractivity contribution in [2.24, 2.45) is 10.9 Å². The number of nitrogens with one attached hydrogen (secondary N) is 4. The molecule has 3 heterocycles. The van der Waals surface area contributed by atoms with Gasteiger partial charge in [-0.25, -0.2) is 10.9 Å². The molecule has 3 aliphatic heterocycles. The Kier molecular flexibility index (Phi) is 8.72. The maximum Gasteiger partial charge on any atom is 0.222 e. The van der Waals surface area contributed by atoms with Crippen molar-refractivity contribution in [2.45, 2.75) is 57.7 Å². The Balaban J connectivity index is 1.18. The number of anilines is 2. The first-order valence-corrected chi connectivity index (χ1v) is 18.6. The zero-order valence-electron chi connectivity index (χ0n) is 25.7. The minimum absolute atomic E-state index is 0.0151. The minimum Gasteiger partial charge on any atom is -0.497 e. The third-order valence-corrected chi connectivity index (χ3v) is 10.8. The fourth-order valence-corrected chi connectivity index (χ4v) is 7.56. The lowest BCUT2D eigenvalue weighted by Gasteiger charge is -2.31. The molecule has 1 amide bonds. The molecule has 0 saturated carbocycles. The Labute approximate surface area is 265 Å². The molecule has 9 nitrogen and oxygen atoms in total. The number of fused-ring (bicyclic) bond motifs is 4. The summed E-state index contributed by atoms with van der Waals surface area (Å²) in [7, 11) is -0.711. The van der Waals surface area contributed by atoms with Crippen molar-refractivity contribution in [2.75, 3.05) is 30.4 Å². The molecule has 6 rings (SSSR count). The van der Waals surface area contributed by atoms with Crippen molar-refractivity contribution < 1.29 is 14.3 Å². The molecule has 0 aliphatic carbocycles. The second-order valence-electron chi connectivity index (χ2n) is 12.5. The number of carbonyl (C=O) groups is 1.